The Kier molecular flexibility index (Phi) is 41.0. The lowest BCUT2D eigenvalue weighted by atomic mass is 10.0. The van der Waals surface area contributed by atoms with Crippen LogP contribution in [0.3, 0.4) is 0 Å². The number of rotatable bonds is 45. The first-order valence-electron chi connectivity index (χ1n) is 26.9. The Morgan fingerprint density at radius 2 is 1.14 bits per heavy atom. The fraction of sp³-hybridized carbons (Fsp3) is 0.868. The van der Waals surface area contributed by atoms with Gasteiger partial charge in [0.25, 0.3) is 0 Å². The van der Waals surface area contributed by atoms with Gasteiger partial charge >= 0.3 is 12.0 Å². The summed E-state index contributed by atoms with van der Waals surface area (Å²) >= 11 is 0. The Balaban J connectivity index is 0.000000903. The first-order chi connectivity index (χ1) is 31.4. The fourth-order valence-corrected chi connectivity index (χ4v) is 8.44. The lowest BCUT2D eigenvalue weighted by molar-refractivity contribution is -0.149. The minimum Gasteiger partial charge on any atom is -0.462 e. The van der Waals surface area contributed by atoms with Crippen LogP contribution in [0.2, 0.25) is 0 Å². The van der Waals surface area contributed by atoms with Gasteiger partial charge in [-0.05, 0) is 83.8 Å². The van der Waals surface area contributed by atoms with Crippen LogP contribution in [0.25, 0.3) is 11.2 Å². The number of esters is 1. The number of nitrogens with zero attached hydrogens (tertiary/aromatic N) is 4. The fourth-order valence-electron chi connectivity index (χ4n) is 8.44. The van der Waals surface area contributed by atoms with E-state index in [9.17, 15) is 14.0 Å². The van der Waals surface area contributed by atoms with E-state index >= 15 is 0 Å². The molecule has 0 aliphatic heterocycles. The summed E-state index contributed by atoms with van der Waals surface area (Å²) in [5, 5.41) is 3.24. The monoisotopic (exact) mass is 903 g/mol. The van der Waals surface area contributed by atoms with E-state index in [0.29, 0.717) is 42.5 Å². The number of methoxy groups -OCH3 is 1. The summed E-state index contributed by atoms with van der Waals surface area (Å²) in [6, 6.07) is 0. The van der Waals surface area contributed by atoms with Gasteiger partial charge in [0.15, 0.2) is 11.5 Å². The topological polar surface area (TPSA) is 122 Å². The number of unbranched alkanes of at least 4 members (excludes halogenated alkanes) is 24. The summed E-state index contributed by atoms with van der Waals surface area (Å²) in [5.74, 6) is 0.417. The van der Waals surface area contributed by atoms with E-state index in [0.717, 1.165) is 103 Å². The summed E-state index contributed by atoms with van der Waals surface area (Å²) in [6.45, 7) is 12.7. The predicted octanol–water partition coefficient (Wildman–Crippen LogP) is 15.1. The van der Waals surface area contributed by atoms with Crippen LogP contribution in [0.15, 0.2) is 6.33 Å². The Morgan fingerprint density at radius 3 is 1.67 bits per heavy atom. The number of halogens is 1. The molecule has 10 nitrogen and oxygen atoms in total. The van der Waals surface area contributed by atoms with E-state index in [2.05, 4.69) is 57.8 Å². The average molecular weight is 903 g/mol. The minimum atomic E-state index is -0.780. The van der Waals surface area contributed by atoms with E-state index in [1.54, 1.807) is 0 Å². The molecule has 1 atom stereocenters. The molecule has 2 heterocycles. The van der Waals surface area contributed by atoms with Crippen molar-refractivity contribution in [3.05, 3.63) is 12.4 Å². The molecule has 0 aliphatic rings. The van der Waals surface area contributed by atoms with Crippen molar-refractivity contribution in [2.45, 2.75) is 265 Å². The second kappa shape index (κ2) is 44.2. The number of carbonyl (C=O) groups excluding carboxylic acids is 2. The number of imidazole rings is 1. The van der Waals surface area contributed by atoms with Crippen LogP contribution in [-0.2, 0) is 19.1 Å². The van der Waals surface area contributed by atoms with E-state index in [-0.39, 0.29) is 12.1 Å². The van der Waals surface area contributed by atoms with Gasteiger partial charge in [-0.15, -0.1) is 0 Å². The van der Waals surface area contributed by atoms with Gasteiger partial charge in [0.1, 0.15) is 17.9 Å². The smallest absolute Gasteiger partial charge is 0.312 e. The number of fused-ring (bicyclic) bond motifs is 1. The lowest BCUT2D eigenvalue weighted by Gasteiger charge is -2.22. The molecule has 0 radical (unpaired) electrons. The molecule has 2 aromatic rings. The van der Waals surface area contributed by atoms with Crippen LogP contribution in [-0.4, -0.2) is 82.6 Å². The van der Waals surface area contributed by atoms with Crippen molar-refractivity contribution in [2.24, 2.45) is 0 Å². The van der Waals surface area contributed by atoms with Gasteiger partial charge in [-0.2, -0.15) is 14.4 Å². The number of aromatic nitrogens is 4. The van der Waals surface area contributed by atoms with Crippen LogP contribution in [0.5, 0.6) is 0 Å². The van der Waals surface area contributed by atoms with E-state index in [1.165, 1.54) is 141 Å². The van der Waals surface area contributed by atoms with Crippen LogP contribution in [0.4, 0.5) is 10.2 Å². The first kappa shape index (κ1) is 59.4. The zero-order valence-corrected chi connectivity index (χ0v) is 42.2. The molecule has 0 saturated heterocycles. The summed E-state index contributed by atoms with van der Waals surface area (Å²) in [4.78, 5) is 40.0. The molecule has 0 aliphatic carbocycles. The third kappa shape index (κ3) is 33.8. The third-order valence-electron chi connectivity index (χ3n) is 12.6. The van der Waals surface area contributed by atoms with Crippen molar-refractivity contribution in [3.8, 4) is 0 Å². The SMILES string of the molecule is CCCCCCCCC(CC)OC(=O)CCCCCCCN(CCCCCCCC=O)CCCNc1nc(F)nc2nc[nH]c12.CCCCCCCCC(CCCCCCCC)OC. The van der Waals surface area contributed by atoms with Crippen molar-refractivity contribution in [2.75, 3.05) is 38.6 Å². The largest absolute Gasteiger partial charge is 0.462 e. The highest BCUT2D eigenvalue weighted by molar-refractivity contribution is 5.81. The standard InChI is InChI=1S/C35H61FN6O3.C18H38O/c1-3-5-6-7-11-16-22-30(4-2)45-31(44)23-17-12-10-14-19-26-42(25-18-13-8-9-15-20-28-43)27-21-24-37-33-32-34(39-29-38-32)41-35(36)40-33;1-4-6-8-10-12-14-16-18(19-3)17-15-13-11-9-7-5-2/h28-30H,3-27H2,1-2H3,(H2,37,38,39,40,41);18H,4-17H2,1-3H3. The number of aromatic amines is 1. The predicted molar refractivity (Wildman–Crippen MR) is 268 cm³/mol. The van der Waals surface area contributed by atoms with Crippen molar-refractivity contribution in [3.63, 3.8) is 0 Å². The van der Waals surface area contributed by atoms with Gasteiger partial charge in [-0.3, -0.25) is 4.79 Å². The molecule has 0 spiro atoms. The lowest BCUT2D eigenvalue weighted by Crippen LogP contribution is -2.28. The molecule has 2 aromatic heterocycles. The minimum absolute atomic E-state index is 0.0308. The molecule has 0 bridgehead atoms. The van der Waals surface area contributed by atoms with Crippen LogP contribution < -0.4 is 5.32 Å². The number of aldehydes is 1. The summed E-state index contributed by atoms with van der Waals surface area (Å²) in [6.07, 6.45) is 44.2. The molecule has 2 N–H and O–H groups in total. The molecule has 64 heavy (non-hydrogen) atoms. The number of anilines is 1. The molecular weight excluding hydrogens is 804 g/mol. The van der Waals surface area contributed by atoms with Crippen LogP contribution in [0.1, 0.15) is 252 Å². The molecule has 0 aromatic carbocycles. The third-order valence-corrected chi connectivity index (χ3v) is 12.6. The number of H-pyrrole nitrogens is 1. The quantitative estimate of drug-likeness (QED) is 0.0289. The number of nitrogens with one attached hydrogen (secondary N) is 2. The molecule has 0 amide bonds. The summed E-state index contributed by atoms with van der Waals surface area (Å²) in [5.41, 5.74) is 0.944. The van der Waals surface area contributed by atoms with Crippen molar-refractivity contribution >= 4 is 29.2 Å². The second-order valence-electron chi connectivity index (χ2n) is 18.4. The number of ether oxygens (including phenoxy) is 2. The Labute approximate surface area is 392 Å². The Hall–Kier alpha value is -2.66. The number of carbonyl (C=O) groups is 2. The first-order valence-corrected chi connectivity index (χ1v) is 26.9. The van der Waals surface area contributed by atoms with Gasteiger partial charge < -0.3 is 29.5 Å². The molecule has 0 saturated carbocycles. The number of hydrogen-bond donors (Lipinski definition) is 2. The summed E-state index contributed by atoms with van der Waals surface area (Å²) < 4.78 is 25.1. The maximum Gasteiger partial charge on any atom is 0.312 e. The van der Waals surface area contributed by atoms with Crippen molar-refractivity contribution in [1.29, 1.82) is 0 Å². The Bertz CT molecular complexity index is 1320. The highest BCUT2D eigenvalue weighted by Crippen LogP contribution is 2.19. The zero-order valence-electron chi connectivity index (χ0n) is 42.2. The van der Waals surface area contributed by atoms with Crippen LogP contribution in [0, 0.1) is 6.08 Å². The Morgan fingerprint density at radius 1 is 0.656 bits per heavy atom. The highest BCUT2D eigenvalue weighted by Gasteiger charge is 2.13. The second-order valence-corrected chi connectivity index (χ2v) is 18.4. The normalized spacial score (nSPS) is 11.9. The van der Waals surface area contributed by atoms with Gasteiger partial charge in [0, 0.05) is 26.5 Å². The van der Waals surface area contributed by atoms with Crippen LogP contribution >= 0.6 is 0 Å². The molecule has 0 fully saturated rings. The zero-order chi connectivity index (χ0) is 46.6. The maximum atomic E-state index is 13.8. The van der Waals surface area contributed by atoms with Gasteiger partial charge in [0.2, 0.25) is 0 Å². The van der Waals surface area contributed by atoms with E-state index < -0.39 is 6.08 Å². The maximum absolute atomic E-state index is 13.8. The van der Waals surface area contributed by atoms with Gasteiger partial charge in [-0.1, -0.05) is 175 Å². The molecular formula is C53H99FN6O4. The molecule has 11 heteroatoms. The number of hydrogen-bond acceptors (Lipinski definition) is 9. The van der Waals surface area contributed by atoms with Gasteiger partial charge in [0.05, 0.1) is 12.4 Å². The molecule has 1 unspecified atom stereocenters. The van der Waals surface area contributed by atoms with Crippen molar-refractivity contribution in [1.82, 2.24) is 24.8 Å². The van der Waals surface area contributed by atoms with Crippen molar-refractivity contribution < 1.29 is 23.5 Å². The summed E-state index contributed by atoms with van der Waals surface area (Å²) in [7, 11) is 1.89. The molecule has 2 rings (SSSR count). The highest BCUT2D eigenvalue weighted by atomic mass is 19.1. The van der Waals surface area contributed by atoms with E-state index in [4.69, 9.17) is 9.47 Å². The molecule has 372 valence electrons. The van der Waals surface area contributed by atoms with E-state index in [1.807, 2.05) is 7.11 Å². The van der Waals surface area contributed by atoms with Gasteiger partial charge in [-0.25, -0.2) is 4.98 Å². The average Bonchev–Trinajstić information content (AvgIpc) is 3.78.